The zero-order valence-electron chi connectivity index (χ0n) is 18.1. The van der Waals surface area contributed by atoms with E-state index < -0.39 is 26.2 Å². The Hall–Kier alpha value is -2.54. The molecule has 0 saturated heterocycles. The standard InChI is InChI=1S/C22H31NO5Si/c1-22(2,3)29(5,6)19-13-12-17(28-19)14-18(20(24)26-4)23-21(25)27-15-16-10-8-7-9-11-16/h7-13,18H,14-15H2,1-6H3,(H,23,25). The van der Waals surface area contributed by atoms with Crippen LogP contribution in [-0.4, -0.2) is 33.3 Å². The van der Waals surface area contributed by atoms with Crippen molar-refractivity contribution in [3.63, 3.8) is 0 Å². The molecule has 1 unspecified atom stereocenters. The Balaban J connectivity index is 2.04. The molecule has 1 aromatic carbocycles. The number of furan rings is 1. The molecule has 2 aromatic rings. The summed E-state index contributed by atoms with van der Waals surface area (Å²) >= 11 is 0. The molecule has 0 bridgehead atoms. The van der Waals surface area contributed by atoms with Crippen LogP contribution in [0.3, 0.4) is 0 Å². The zero-order valence-corrected chi connectivity index (χ0v) is 19.1. The number of hydrogen-bond donors (Lipinski definition) is 1. The highest BCUT2D eigenvalue weighted by atomic mass is 28.3. The van der Waals surface area contributed by atoms with Crippen LogP contribution in [0.15, 0.2) is 46.9 Å². The number of alkyl carbamates (subject to hydrolysis) is 1. The number of hydrogen-bond acceptors (Lipinski definition) is 5. The van der Waals surface area contributed by atoms with Gasteiger partial charge in [0.15, 0.2) is 0 Å². The number of benzene rings is 1. The largest absolute Gasteiger partial charge is 0.471 e. The summed E-state index contributed by atoms with van der Waals surface area (Å²) in [5, 5.41) is 3.68. The van der Waals surface area contributed by atoms with E-state index in [1.54, 1.807) is 0 Å². The number of carbonyl (C=O) groups is 2. The second-order valence-corrected chi connectivity index (χ2v) is 13.9. The first-order valence-corrected chi connectivity index (χ1v) is 12.7. The minimum Gasteiger partial charge on any atom is -0.471 e. The van der Waals surface area contributed by atoms with Crippen molar-refractivity contribution in [2.45, 2.75) is 58.0 Å². The molecule has 0 fully saturated rings. The molecule has 0 spiro atoms. The van der Waals surface area contributed by atoms with Crippen molar-refractivity contribution in [1.82, 2.24) is 5.32 Å². The third-order valence-electron chi connectivity index (χ3n) is 5.55. The van der Waals surface area contributed by atoms with Gasteiger partial charge in [-0.3, -0.25) is 0 Å². The van der Waals surface area contributed by atoms with Gasteiger partial charge in [-0.15, -0.1) is 0 Å². The molecule has 0 radical (unpaired) electrons. The van der Waals surface area contributed by atoms with Gasteiger partial charge in [0.05, 0.1) is 12.5 Å². The highest BCUT2D eigenvalue weighted by Gasteiger charge is 2.40. The van der Waals surface area contributed by atoms with Gasteiger partial charge in [-0.25, -0.2) is 9.59 Å². The van der Waals surface area contributed by atoms with Gasteiger partial charge < -0.3 is 19.2 Å². The lowest BCUT2D eigenvalue weighted by Gasteiger charge is -2.34. The fourth-order valence-electron chi connectivity index (χ4n) is 2.64. The first kappa shape index (κ1) is 22.7. The maximum absolute atomic E-state index is 12.2. The predicted octanol–water partition coefficient (Wildman–Crippen LogP) is 4.01. The lowest BCUT2D eigenvalue weighted by atomic mass is 10.2. The van der Waals surface area contributed by atoms with Gasteiger partial charge in [0.2, 0.25) is 0 Å². The van der Waals surface area contributed by atoms with Crippen molar-refractivity contribution in [3.8, 4) is 0 Å². The Bertz CT molecular complexity index is 823. The number of carbonyl (C=O) groups excluding carboxylic acids is 2. The van der Waals surface area contributed by atoms with Crippen molar-refractivity contribution in [2.75, 3.05) is 7.11 Å². The average molecular weight is 418 g/mol. The van der Waals surface area contributed by atoms with Gasteiger partial charge >= 0.3 is 12.1 Å². The third-order valence-corrected chi connectivity index (χ3v) is 10.8. The molecule has 1 amide bonds. The van der Waals surface area contributed by atoms with Gasteiger partial charge in [-0.05, 0) is 22.7 Å². The molecule has 29 heavy (non-hydrogen) atoms. The van der Waals surface area contributed by atoms with Crippen LogP contribution in [-0.2, 0) is 27.3 Å². The SMILES string of the molecule is COC(=O)C(Cc1ccc([Si](C)(C)C(C)(C)C)o1)NC(=O)OCc1ccccc1. The monoisotopic (exact) mass is 417 g/mol. The van der Waals surface area contributed by atoms with E-state index in [-0.39, 0.29) is 18.1 Å². The topological polar surface area (TPSA) is 77.8 Å². The predicted molar refractivity (Wildman–Crippen MR) is 115 cm³/mol. The van der Waals surface area contributed by atoms with E-state index in [4.69, 9.17) is 13.9 Å². The van der Waals surface area contributed by atoms with Crippen molar-refractivity contribution in [1.29, 1.82) is 0 Å². The van der Waals surface area contributed by atoms with E-state index in [0.717, 1.165) is 10.9 Å². The molecule has 1 N–H and O–H groups in total. The number of nitrogens with one attached hydrogen (secondary N) is 1. The molecule has 1 heterocycles. The molecule has 0 aliphatic heterocycles. The number of rotatable bonds is 7. The lowest BCUT2D eigenvalue weighted by Crippen LogP contribution is -2.48. The summed E-state index contributed by atoms with van der Waals surface area (Å²) < 4.78 is 16.1. The highest BCUT2D eigenvalue weighted by molar-refractivity contribution is 6.91. The van der Waals surface area contributed by atoms with Gasteiger partial charge in [0, 0.05) is 6.42 Å². The first-order valence-electron chi connectivity index (χ1n) is 9.69. The minimum atomic E-state index is -1.82. The normalized spacial score (nSPS) is 12.9. The Labute approximate surface area is 173 Å². The molecule has 1 aromatic heterocycles. The van der Waals surface area contributed by atoms with Crippen LogP contribution < -0.4 is 10.7 Å². The molecule has 158 valence electrons. The molecule has 2 rings (SSSR count). The van der Waals surface area contributed by atoms with Crippen LogP contribution in [0.25, 0.3) is 0 Å². The molecule has 0 aliphatic carbocycles. The Morgan fingerprint density at radius 1 is 1.10 bits per heavy atom. The summed E-state index contributed by atoms with van der Waals surface area (Å²) in [4.78, 5) is 24.3. The van der Waals surface area contributed by atoms with E-state index >= 15 is 0 Å². The summed E-state index contributed by atoms with van der Waals surface area (Å²) in [6.45, 7) is 11.3. The van der Waals surface area contributed by atoms with E-state index in [0.29, 0.717) is 5.76 Å². The molecule has 6 nitrogen and oxygen atoms in total. The van der Waals surface area contributed by atoms with E-state index in [9.17, 15) is 9.59 Å². The minimum absolute atomic E-state index is 0.122. The van der Waals surface area contributed by atoms with Crippen LogP contribution in [0.1, 0.15) is 32.1 Å². The summed E-state index contributed by atoms with van der Waals surface area (Å²) in [5.41, 5.74) is 0.863. The Morgan fingerprint density at radius 3 is 2.34 bits per heavy atom. The van der Waals surface area contributed by atoms with E-state index in [1.807, 2.05) is 42.5 Å². The maximum Gasteiger partial charge on any atom is 0.408 e. The Kier molecular flexibility index (Phi) is 7.30. The maximum atomic E-state index is 12.2. The molecule has 1 atom stereocenters. The van der Waals surface area contributed by atoms with Crippen molar-refractivity contribution in [3.05, 3.63) is 53.8 Å². The first-order chi connectivity index (χ1) is 13.5. The van der Waals surface area contributed by atoms with Gasteiger partial charge in [-0.1, -0.05) is 64.2 Å². The van der Waals surface area contributed by atoms with Gasteiger partial charge in [-0.2, -0.15) is 0 Å². The lowest BCUT2D eigenvalue weighted by molar-refractivity contribution is -0.143. The van der Waals surface area contributed by atoms with Crippen LogP contribution >= 0.6 is 0 Å². The fourth-order valence-corrected chi connectivity index (χ4v) is 4.26. The second-order valence-electron chi connectivity index (χ2n) is 8.63. The van der Waals surface area contributed by atoms with Crippen molar-refractivity contribution in [2.24, 2.45) is 0 Å². The fraction of sp³-hybridized carbons (Fsp3) is 0.455. The summed E-state index contributed by atoms with van der Waals surface area (Å²) in [5.74, 6) is 0.0792. The average Bonchev–Trinajstić information content (AvgIpc) is 3.14. The molecule has 0 saturated carbocycles. The number of ether oxygens (including phenoxy) is 2. The van der Waals surface area contributed by atoms with Gasteiger partial charge in [0.25, 0.3) is 0 Å². The highest BCUT2D eigenvalue weighted by Crippen LogP contribution is 2.35. The van der Waals surface area contributed by atoms with Crippen molar-refractivity contribution >= 4 is 25.5 Å². The number of methoxy groups -OCH3 is 1. The smallest absolute Gasteiger partial charge is 0.408 e. The van der Waals surface area contributed by atoms with Gasteiger partial charge in [0.1, 0.15) is 26.5 Å². The molecule has 0 aliphatic rings. The molecular weight excluding hydrogens is 386 g/mol. The summed E-state index contributed by atoms with van der Waals surface area (Å²) in [6, 6.07) is 12.3. The second kappa shape index (κ2) is 9.30. The quantitative estimate of drug-likeness (QED) is 0.544. The zero-order chi connectivity index (χ0) is 21.7. The van der Waals surface area contributed by atoms with Crippen molar-refractivity contribution < 1.29 is 23.5 Å². The van der Waals surface area contributed by atoms with Crippen LogP contribution in [0.2, 0.25) is 18.1 Å². The van der Waals surface area contributed by atoms with Crippen LogP contribution in [0.4, 0.5) is 4.79 Å². The molecular formula is C22H31NO5Si. The van der Waals surface area contributed by atoms with E-state index in [2.05, 4.69) is 39.2 Å². The molecule has 7 heteroatoms. The van der Waals surface area contributed by atoms with Crippen LogP contribution in [0, 0.1) is 0 Å². The van der Waals surface area contributed by atoms with E-state index in [1.165, 1.54) is 7.11 Å². The summed E-state index contributed by atoms with van der Waals surface area (Å²) in [7, 11) is -0.537. The number of amides is 1. The summed E-state index contributed by atoms with van der Waals surface area (Å²) in [6.07, 6.45) is -0.484. The van der Waals surface area contributed by atoms with Crippen LogP contribution in [0.5, 0.6) is 0 Å². The third kappa shape index (κ3) is 5.97. The number of esters is 1. The Morgan fingerprint density at radius 2 is 1.76 bits per heavy atom.